The molecule has 5 heterocycles. The lowest BCUT2D eigenvalue weighted by Crippen LogP contribution is -1.96. The maximum atomic E-state index is 5.29. The van der Waals surface area contributed by atoms with Gasteiger partial charge in [-0.1, -0.05) is 133 Å². The Hall–Kier alpha value is -7.70. The van der Waals surface area contributed by atoms with Crippen LogP contribution in [-0.2, 0) is 0 Å². The van der Waals surface area contributed by atoms with Gasteiger partial charge in [0.2, 0.25) is 0 Å². The lowest BCUT2D eigenvalue weighted by Gasteiger charge is -2.13. The van der Waals surface area contributed by atoms with Crippen LogP contribution in [0.5, 0.6) is 0 Å². The molecule has 0 aliphatic rings. The molecule has 0 bridgehead atoms. The van der Waals surface area contributed by atoms with Crippen molar-refractivity contribution in [2.24, 2.45) is 0 Å². The number of hydrogen-bond acceptors (Lipinski definition) is 6. The van der Waals surface area contributed by atoms with E-state index in [-0.39, 0.29) is 0 Å². The first-order chi connectivity index (χ1) is 27.7. The SMILES string of the molecule is c1ccc(-c2ccc3ccc4c(-c5ccccn5)cc(-c5ccc(-c6ccc(-c7cc(-c8ccncc8)nc(-c8ccccc8)n7)cc6)cc5)nc4c3n2)cc1. The first-order valence-corrected chi connectivity index (χ1v) is 18.5. The number of rotatable bonds is 7. The Labute approximate surface area is 324 Å². The van der Waals surface area contributed by atoms with E-state index in [4.69, 9.17) is 24.9 Å². The molecule has 6 nitrogen and oxygen atoms in total. The second-order valence-electron chi connectivity index (χ2n) is 13.6. The average Bonchev–Trinajstić information content (AvgIpc) is 3.29. The van der Waals surface area contributed by atoms with Crippen molar-refractivity contribution in [3.05, 3.63) is 195 Å². The third-order valence-corrected chi connectivity index (χ3v) is 10.1. The predicted molar refractivity (Wildman–Crippen MR) is 226 cm³/mol. The fourth-order valence-corrected chi connectivity index (χ4v) is 7.17. The summed E-state index contributed by atoms with van der Waals surface area (Å²) in [5.41, 5.74) is 14.4. The molecule has 0 aliphatic heterocycles. The topological polar surface area (TPSA) is 77.3 Å². The van der Waals surface area contributed by atoms with Crippen LogP contribution < -0.4 is 0 Å². The number of nitrogens with zero attached hydrogens (tertiary/aromatic N) is 6. The molecule has 6 heteroatoms. The van der Waals surface area contributed by atoms with Gasteiger partial charge in [0, 0.05) is 62.7 Å². The molecule has 0 amide bonds. The summed E-state index contributed by atoms with van der Waals surface area (Å²) in [6.07, 6.45) is 5.41. The monoisotopic (exact) mass is 716 g/mol. The molecule has 0 saturated carbocycles. The Bertz CT molecular complexity index is 2910. The van der Waals surface area contributed by atoms with Gasteiger partial charge < -0.3 is 0 Å². The van der Waals surface area contributed by atoms with E-state index in [1.165, 1.54) is 0 Å². The Morgan fingerprint density at radius 2 is 0.839 bits per heavy atom. The first-order valence-electron chi connectivity index (χ1n) is 18.5. The highest BCUT2D eigenvalue weighted by Gasteiger charge is 2.16. The molecule has 0 spiro atoms. The number of aromatic nitrogens is 6. The third-order valence-electron chi connectivity index (χ3n) is 10.1. The zero-order valence-electron chi connectivity index (χ0n) is 30.2. The summed E-state index contributed by atoms with van der Waals surface area (Å²) in [5, 5.41) is 2.06. The molecule has 0 fully saturated rings. The molecule has 5 aromatic heterocycles. The Kier molecular flexibility index (Phi) is 8.39. The predicted octanol–water partition coefficient (Wildman–Crippen LogP) is 12.0. The fourth-order valence-electron chi connectivity index (χ4n) is 7.17. The first kappa shape index (κ1) is 32.9. The van der Waals surface area contributed by atoms with Crippen molar-refractivity contribution in [1.29, 1.82) is 0 Å². The molecular weight excluding hydrogens is 685 g/mol. The van der Waals surface area contributed by atoms with E-state index >= 15 is 0 Å². The maximum Gasteiger partial charge on any atom is 0.160 e. The van der Waals surface area contributed by atoms with Crippen LogP contribution in [0.3, 0.4) is 0 Å². The van der Waals surface area contributed by atoms with Crippen molar-refractivity contribution in [3.63, 3.8) is 0 Å². The molecule has 0 atom stereocenters. The van der Waals surface area contributed by atoms with E-state index < -0.39 is 0 Å². The van der Waals surface area contributed by atoms with E-state index in [0.29, 0.717) is 5.82 Å². The van der Waals surface area contributed by atoms with Crippen LogP contribution in [0.15, 0.2) is 195 Å². The van der Waals surface area contributed by atoms with Crippen molar-refractivity contribution >= 4 is 21.8 Å². The van der Waals surface area contributed by atoms with Gasteiger partial charge in [0.25, 0.3) is 0 Å². The van der Waals surface area contributed by atoms with Gasteiger partial charge in [0.1, 0.15) is 0 Å². The molecule has 5 aromatic carbocycles. The van der Waals surface area contributed by atoms with Crippen LogP contribution in [0.1, 0.15) is 0 Å². The minimum atomic E-state index is 0.684. The summed E-state index contributed by atoms with van der Waals surface area (Å²) in [7, 11) is 0. The molecule has 10 rings (SSSR count). The van der Waals surface area contributed by atoms with Gasteiger partial charge in [-0.2, -0.15) is 0 Å². The highest BCUT2D eigenvalue weighted by Crippen LogP contribution is 2.36. The zero-order valence-corrected chi connectivity index (χ0v) is 30.2. The van der Waals surface area contributed by atoms with Gasteiger partial charge in [0.15, 0.2) is 5.82 Å². The lowest BCUT2D eigenvalue weighted by molar-refractivity contribution is 1.18. The van der Waals surface area contributed by atoms with Crippen molar-refractivity contribution in [2.45, 2.75) is 0 Å². The summed E-state index contributed by atoms with van der Waals surface area (Å²) in [6, 6.07) is 60.1. The van der Waals surface area contributed by atoms with Gasteiger partial charge in [-0.15, -0.1) is 0 Å². The average molecular weight is 717 g/mol. The maximum absolute atomic E-state index is 5.29. The van der Waals surface area contributed by atoms with Crippen LogP contribution in [0.25, 0.3) is 101 Å². The fraction of sp³-hybridized carbons (Fsp3) is 0. The van der Waals surface area contributed by atoms with Crippen LogP contribution in [0, 0.1) is 0 Å². The molecule has 0 N–H and O–H groups in total. The van der Waals surface area contributed by atoms with E-state index in [1.54, 1.807) is 12.4 Å². The van der Waals surface area contributed by atoms with Gasteiger partial charge in [-0.25, -0.2) is 19.9 Å². The Balaban J connectivity index is 1.02. The van der Waals surface area contributed by atoms with Gasteiger partial charge in [-0.3, -0.25) is 9.97 Å². The minimum absolute atomic E-state index is 0.684. The molecular formula is C50H32N6. The van der Waals surface area contributed by atoms with E-state index in [9.17, 15) is 0 Å². The van der Waals surface area contributed by atoms with Gasteiger partial charge >= 0.3 is 0 Å². The van der Waals surface area contributed by atoms with Crippen LogP contribution >= 0.6 is 0 Å². The lowest BCUT2D eigenvalue weighted by atomic mass is 9.97. The molecule has 56 heavy (non-hydrogen) atoms. The summed E-state index contributed by atoms with van der Waals surface area (Å²) >= 11 is 0. The number of pyridine rings is 4. The summed E-state index contributed by atoms with van der Waals surface area (Å²) in [5.74, 6) is 0.684. The minimum Gasteiger partial charge on any atom is -0.265 e. The summed E-state index contributed by atoms with van der Waals surface area (Å²) in [6.45, 7) is 0. The van der Waals surface area contributed by atoms with Crippen molar-refractivity contribution in [3.8, 4) is 78.8 Å². The Morgan fingerprint density at radius 1 is 0.304 bits per heavy atom. The smallest absolute Gasteiger partial charge is 0.160 e. The van der Waals surface area contributed by atoms with Crippen LogP contribution in [0.2, 0.25) is 0 Å². The van der Waals surface area contributed by atoms with Crippen LogP contribution in [-0.4, -0.2) is 29.9 Å². The molecule has 10 aromatic rings. The van der Waals surface area contributed by atoms with Crippen molar-refractivity contribution < 1.29 is 0 Å². The van der Waals surface area contributed by atoms with E-state index in [2.05, 4.69) is 96.0 Å². The standard InChI is InChI=1S/C50H32N6/c1-3-9-35(10-4-1)43-25-23-39-22-24-41-42(44-13-7-8-28-52-44)31-45(54-49(41)48(39)53-43)36-18-14-33(15-19-36)34-16-20-37(21-17-34)46-32-47(38-26-29-51-30-27-38)56-50(55-46)40-11-5-2-6-12-40/h1-32H. The van der Waals surface area contributed by atoms with E-state index in [0.717, 1.165) is 94.8 Å². The van der Waals surface area contributed by atoms with Crippen LogP contribution in [0.4, 0.5) is 0 Å². The van der Waals surface area contributed by atoms with Crippen molar-refractivity contribution in [1.82, 2.24) is 29.9 Å². The second-order valence-corrected chi connectivity index (χ2v) is 13.6. The second kappa shape index (κ2) is 14.3. The summed E-state index contributed by atoms with van der Waals surface area (Å²) in [4.78, 5) is 29.3. The van der Waals surface area contributed by atoms with E-state index in [1.807, 2.05) is 91.1 Å². The third kappa shape index (κ3) is 6.35. The molecule has 0 saturated heterocycles. The molecule has 0 radical (unpaired) electrons. The number of hydrogen-bond donors (Lipinski definition) is 0. The molecule has 0 unspecified atom stereocenters. The highest BCUT2D eigenvalue weighted by atomic mass is 14.9. The number of benzene rings is 5. The molecule has 262 valence electrons. The number of fused-ring (bicyclic) bond motifs is 3. The largest absolute Gasteiger partial charge is 0.265 e. The highest BCUT2D eigenvalue weighted by molar-refractivity contribution is 6.09. The molecule has 0 aliphatic carbocycles. The quantitative estimate of drug-likeness (QED) is 0.153. The Morgan fingerprint density at radius 3 is 1.48 bits per heavy atom. The van der Waals surface area contributed by atoms with Crippen molar-refractivity contribution in [2.75, 3.05) is 0 Å². The van der Waals surface area contributed by atoms with Gasteiger partial charge in [0.05, 0.1) is 39.5 Å². The zero-order chi connectivity index (χ0) is 37.3. The normalized spacial score (nSPS) is 11.2. The van der Waals surface area contributed by atoms with Gasteiger partial charge in [-0.05, 0) is 53.6 Å². The summed E-state index contributed by atoms with van der Waals surface area (Å²) < 4.78 is 0.